The molecule has 3 nitrogen and oxygen atoms in total. The van der Waals surface area contributed by atoms with Crippen molar-refractivity contribution < 1.29 is 18.3 Å². The zero-order valence-corrected chi connectivity index (χ0v) is 11.7. The molecule has 20 heavy (non-hydrogen) atoms. The van der Waals surface area contributed by atoms with E-state index in [-0.39, 0.29) is 29.3 Å². The fourth-order valence-electron chi connectivity index (χ4n) is 2.38. The number of thioether (sulfide) groups is 1. The highest BCUT2D eigenvalue weighted by atomic mass is 32.2. The molecule has 0 aliphatic carbocycles. The number of benzene rings is 1. The average molecular weight is 306 g/mol. The fourth-order valence-corrected chi connectivity index (χ4v) is 3.10. The van der Waals surface area contributed by atoms with Crippen molar-refractivity contribution in [2.45, 2.75) is 16.4 Å². The van der Waals surface area contributed by atoms with Crippen molar-refractivity contribution in [3.8, 4) is 0 Å². The molecule has 1 fully saturated rings. The van der Waals surface area contributed by atoms with E-state index in [2.05, 4.69) is 5.32 Å². The predicted molar refractivity (Wildman–Crippen MR) is 72.6 cm³/mol. The van der Waals surface area contributed by atoms with Gasteiger partial charge in [-0.2, -0.15) is 13.2 Å². The summed E-state index contributed by atoms with van der Waals surface area (Å²) in [5.41, 5.74) is -3.78. The molecule has 0 spiro atoms. The second kappa shape index (κ2) is 6.80. The number of alkyl halides is 3. The Morgan fingerprint density at radius 3 is 2.50 bits per heavy atom. The van der Waals surface area contributed by atoms with E-state index < -0.39 is 5.51 Å². The number of nitrogens with zero attached hydrogens (tertiary/aromatic N) is 1. The maximum absolute atomic E-state index is 12.6. The van der Waals surface area contributed by atoms with Gasteiger partial charge in [-0.1, -0.05) is 18.2 Å². The van der Waals surface area contributed by atoms with Gasteiger partial charge in [-0.15, -0.1) is 0 Å². The van der Waals surface area contributed by atoms with Crippen LogP contribution in [-0.2, 0) is 0 Å². The number of hydrogen-bond donors (Lipinski definition) is 2. The first-order valence-corrected chi connectivity index (χ1v) is 7.23. The molecule has 1 aromatic rings. The molecular formula is C13H17F3N2OS. The number of rotatable bonds is 4. The third-order valence-electron chi connectivity index (χ3n) is 3.27. The standard InChI is InChI=1S/C13H17F3N2OS/c14-13(15,16)20-12-4-2-1-3-10(12)11(9-19)18-7-5-17-6-8-18/h1-4,11,17,19H,5-9H2/t11-/m0/s1. The number of piperazine rings is 1. The van der Waals surface area contributed by atoms with Crippen molar-refractivity contribution in [3.05, 3.63) is 29.8 Å². The van der Waals surface area contributed by atoms with Crippen LogP contribution in [0.5, 0.6) is 0 Å². The minimum atomic E-state index is -4.32. The Kier molecular flexibility index (Phi) is 5.31. The zero-order chi connectivity index (χ0) is 14.6. The Balaban J connectivity index is 2.24. The SMILES string of the molecule is OC[C@@H](c1ccccc1SC(F)(F)F)N1CCNCC1. The first-order chi connectivity index (χ1) is 9.51. The molecule has 1 atom stereocenters. The summed E-state index contributed by atoms with van der Waals surface area (Å²) in [5, 5.41) is 12.8. The third kappa shape index (κ3) is 4.12. The Labute approximate surface area is 120 Å². The highest BCUT2D eigenvalue weighted by Crippen LogP contribution is 2.40. The minimum absolute atomic E-state index is 0.118. The van der Waals surface area contributed by atoms with Crippen molar-refractivity contribution in [3.63, 3.8) is 0 Å². The van der Waals surface area contributed by atoms with Gasteiger partial charge in [-0.3, -0.25) is 4.90 Å². The average Bonchev–Trinajstić information content (AvgIpc) is 2.41. The highest BCUT2D eigenvalue weighted by Gasteiger charge is 2.32. The lowest BCUT2D eigenvalue weighted by atomic mass is 10.1. The molecule has 2 rings (SSSR count). The van der Waals surface area contributed by atoms with E-state index in [0.29, 0.717) is 5.56 Å². The zero-order valence-electron chi connectivity index (χ0n) is 10.9. The summed E-state index contributed by atoms with van der Waals surface area (Å²) in [4.78, 5) is 2.18. The summed E-state index contributed by atoms with van der Waals surface area (Å²) in [6, 6.07) is 6.03. The Bertz CT molecular complexity index is 436. The summed E-state index contributed by atoms with van der Waals surface area (Å²) in [5.74, 6) is 0. The molecule has 0 radical (unpaired) electrons. The van der Waals surface area contributed by atoms with Crippen LogP contribution in [0.3, 0.4) is 0 Å². The van der Waals surface area contributed by atoms with Crippen molar-refractivity contribution in [2.24, 2.45) is 0 Å². The maximum atomic E-state index is 12.6. The van der Waals surface area contributed by atoms with E-state index in [0.717, 1.165) is 26.2 Å². The van der Waals surface area contributed by atoms with Gasteiger partial charge in [-0.25, -0.2) is 0 Å². The lowest BCUT2D eigenvalue weighted by Crippen LogP contribution is -2.46. The minimum Gasteiger partial charge on any atom is -0.394 e. The van der Waals surface area contributed by atoms with Gasteiger partial charge in [0.05, 0.1) is 12.6 Å². The quantitative estimate of drug-likeness (QED) is 0.836. The summed E-state index contributed by atoms with van der Waals surface area (Å²) in [7, 11) is 0. The van der Waals surface area contributed by atoms with Gasteiger partial charge in [0, 0.05) is 31.1 Å². The highest BCUT2D eigenvalue weighted by molar-refractivity contribution is 8.00. The molecule has 0 unspecified atom stereocenters. The number of nitrogens with one attached hydrogen (secondary N) is 1. The van der Waals surface area contributed by atoms with Gasteiger partial charge in [0.25, 0.3) is 0 Å². The molecule has 1 aliphatic rings. The number of aliphatic hydroxyl groups is 1. The molecule has 0 saturated carbocycles. The van der Waals surface area contributed by atoms with Gasteiger partial charge in [0.1, 0.15) is 0 Å². The van der Waals surface area contributed by atoms with Crippen LogP contribution in [-0.4, -0.2) is 48.3 Å². The molecule has 7 heteroatoms. The molecule has 0 amide bonds. The molecule has 112 valence electrons. The number of hydrogen-bond acceptors (Lipinski definition) is 4. The molecule has 1 aromatic carbocycles. The van der Waals surface area contributed by atoms with Gasteiger partial charge in [0.15, 0.2) is 0 Å². The molecule has 0 aromatic heterocycles. The van der Waals surface area contributed by atoms with E-state index in [4.69, 9.17) is 0 Å². The fraction of sp³-hybridized carbons (Fsp3) is 0.538. The van der Waals surface area contributed by atoms with Crippen molar-refractivity contribution in [1.82, 2.24) is 10.2 Å². The van der Waals surface area contributed by atoms with Gasteiger partial charge < -0.3 is 10.4 Å². The van der Waals surface area contributed by atoms with Crippen LogP contribution in [0.4, 0.5) is 13.2 Å². The van der Waals surface area contributed by atoms with Crippen molar-refractivity contribution in [1.29, 1.82) is 0 Å². The smallest absolute Gasteiger partial charge is 0.394 e. The summed E-state index contributed by atoms with van der Waals surface area (Å²) >= 11 is -0.118. The van der Waals surface area contributed by atoms with Crippen LogP contribution in [0.25, 0.3) is 0 Å². The molecule has 1 saturated heterocycles. The first kappa shape index (κ1) is 15.6. The number of aliphatic hydroxyl groups excluding tert-OH is 1. The van der Waals surface area contributed by atoms with Crippen molar-refractivity contribution in [2.75, 3.05) is 32.8 Å². The molecule has 1 aliphatic heterocycles. The normalized spacial score (nSPS) is 19.0. The second-order valence-electron chi connectivity index (χ2n) is 4.57. The molecular weight excluding hydrogens is 289 g/mol. The van der Waals surface area contributed by atoms with E-state index in [1.54, 1.807) is 18.2 Å². The molecule has 1 heterocycles. The van der Waals surface area contributed by atoms with Gasteiger partial charge in [-0.05, 0) is 23.4 Å². The Morgan fingerprint density at radius 1 is 1.25 bits per heavy atom. The van der Waals surface area contributed by atoms with E-state index in [1.165, 1.54) is 6.07 Å². The van der Waals surface area contributed by atoms with Gasteiger partial charge >= 0.3 is 5.51 Å². The lowest BCUT2D eigenvalue weighted by Gasteiger charge is -2.35. The van der Waals surface area contributed by atoms with Crippen molar-refractivity contribution >= 4 is 11.8 Å². The Morgan fingerprint density at radius 2 is 1.90 bits per heavy atom. The summed E-state index contributed by atoms with van der Waals surface area (Å²) in [6.45, 7) is 2.82. The van der Waals surface area contributed by atoms with E-state index in [9.17, 15) is 18.3 Å². The van der Waals surface area contributed by atoms with E-state index in [1.807, 2.05) is 4.90 Å². The van der Waals surface area contributed by atoms with Crippen LogP contribution >= 0.6 is 11.8 Å². The topological polar surface area (TPSA) is 35.5 Å². The molecule has 0 bridgehead atoms. The summed E-state index contributed by atoms with van der Waals surface area (Å²) in [6.07, 6.45) is 0. The second-order valence-corrected chi connectivity index (χ2v) is 5.68. The lowest BCUT2D eigenvalue weighted by molar-refractivity contribution is -0.0329. The predicted octanol–water partition coefficient (Wildman–Crippen LogP) is 2.24. The van der Waals surface area contributed by atoms with Crippen LogP contribution in [0.15, 0.2) is 29.2 Å². The van der Waals surface area contributed by atoms with Crippen LogP contribution in [0.1, 0.15) is 11.6 Å². The maximum Gasteiger partial charge on any atom is 0.446 e. The summed E-state index contributed by atoms with van der Waals surface area (Å²) < 4.78 is 37.8. The van der Waals surface area contributed by atoms with Crippen LogP contribution < -0.4 is 5.32 Å². The Hall–Kier alpha value is -0.760. The van der Waals surface area contributed by atoms with E-state index >= 15 is 0 Å². The first-order valence-electron chi connectivity index (χ1n) is 6.41. The van der Waals surface area contributed by atoms with Gasteiger partial charge in [0.2, 0.25) is 0 Å². The monoisotopic (exact) mass is 306 g/mol. The van der Waals surface area contributed by atoms with Crippen LogP contribution in [0, 0.1) is 0 Å². The largest absolute Gasteiger partial charge is 0.446 e. The van der Waals surface area contributed by atoms with Crippen LogP contribution in [0.2, 0.25) is 0 Å². The number of halogens is 3. The third-order valence-corrected chi connectivity index (χ3v) is 4.09. The molecule has 2 N–H and O–H groups in total.